The molecule has 0 aliphatic heterocycles. The third-order valence-corrected chi connectivity index (χ3v) is 3.93. The Hall–Kier alpha value is -3.02. The molecule has 0 heterocycles. The molecule has 2 rings (SSSR count). The number of rotatable bonds is 9. The monoisotopic (exact) mass is 357 g/mol. The Kier molecular flexibility index (Phi) is 7.02. The number of carbonyl (C=O) groups excluding carboxylic acids is 1. The Labute approximate surface area is 153 Å². The Bertz CT molecular complexity index is 742. The van der Waals surface area contributed by atoms with Crippen LogP contribution in [0.15, 0.2) is 48.5 Å². The molecule has 6 nitrogen and oxygen atoms in total. The van der Waals surface area contributed by atoms with Crippen molar-refractivity contribution in [1.82, 2.24) is 4.90 Å². The second-order valence-electron chi connectivity index (χ2n) is 5.89. The van der Waals surface area contributed by atoms with Gasteiger partial charge in [-0.3, -0.25) is 4.79 Å². The zero-order chi connectivity index (χ0) is 18.9. The summed E-state index contributed by atoms with van der Waals surface area (Å²) in [6, 6.07) is 14.7. The lowest BCUT2D eigenvalue weighted by molar-refractivity contribution is -0.139. The molecule has 2 aromatic rings. The third kappa shape index (κ3) is 5.81. The molecule has 1 amide bonds. The third-order valence-electron chi connectivity index (χ3n) is 3.93. The van der Waals surface area contributed by atoms with Crippen molar-refractivity contribution in [3.8, 4) is 11.5 Å². The Balaban J connectivity index is 1.85. The van der Waals surface area contributed by atoms with Gasteiger partial charge in [-0.25, -0.2) is 4.79 Å². The number of nitrogens with zero attached hydrogens (tertiary/aromatic N) is 1. The van der Waals surface area contributed by atoms with Crippen LogP contribution >= 0.6 is 0 Å². The van der Waals surface area contributed by atoms with Gasteiger partial charge in [-0.15, -0.1) is 0 Å². The molecule has 0 spiro atoms. The maximum absolute atomic E-state index is 12.4. The van der Waals surface area contributed by atoms with Crippen LogP contribution in [0.1, 0.15) is 17.5 Å². The molecule has 0 aliphatic carbocycles. The van der Waals surface area contributed by atoms with Gasteiger partial charge in [0.1, 0.15) is 11.5 Å². The van der Waals surface area contributed by atoms with Crippen molar-refractivity contribution in [2.45, 2.75) is 19.4 Å². The average Bonchev–Trinajstić information content (AvgIpc) is 2.65. The quantitative estimate of drug-likeness (QED) is 0.747. The van der Waals surface area contributed by atoms with Gasteiger partial charge < -0.3 is 19.5 Å². The number of ether oxygens (including phenoxy) is 2. The molecule has 2 aromatic carbocycles. The minimum atomic E-state index is -1.02. The number of carboxylic acid groups (broad SMARTS) is 1. The summed E-state index contributed by atoms with van der Waals surface area (Å²) in [7, 11) is 3.38. The van der Waals surface area contributed by atoms with E-state index in [-0.39, 0.29) is 12.5 Å². The van der Waals surface area contributed by atoms with Crippen LogP contribution in [0, 0.1) is 0 Å². The zero-order valence-corrected chi connectivity index (χ0v) is 15.0. The lowest BCUT2D eigenvalue weighted by atomic mass is 10.1. The first kappa shape index (κ1) is 19.3. The van der Waals surface area contributed by atoms with E-state index >= 15 is 0 Å². The van der Waals surface area contributed by atoms with E-state index in [0.29, 0.717) is 25.1 Å². The normalized spacial score (nSPS) is 10.2. The number of carbonyl (C=O) groups is 2. The van der Waals surface area contributed by atoms with Gasteiger partial charge in [-0.05, 0) is 35.7 Å². The fourth-order valence-corrected chi connectivity index (χ4v) is 2.54. The SMILES string of the molecule is COc1ccccc1CCC(=O)N(C)Cc1ccc(OCC(=O)O)cc1. The number of carboxylic acids is 1. The first-order valence-electron chi connectivity index (χ1n) is 8.29. The summed E-state index contributed by atoms with van der Waals surface area (Å²) in [5.41, 5.74) is 1.96. The van der Waals surface area contributed by atoms with E-state index in [2.05, 4.69) is 0 Å². The van der Waals surface area contributed by atoms with Gasteiger partial charge in [0, 0.05) is 20.0 Å². The zero-order valence-electron chi connectivity index (χ0n) is 15.0. The van der Waals surface area contributed by atoms with Crippen molar-refractivity contribution >= 4 is 11.9 Å². The summed E-state index contributed by atoms with van der Waals surface area (Å²) >= 11 is 0. The molecule has 0 fully saturated rings. The van der Waals surface area contributed by atoms with Crippen molar-refractivity contribution in [2.75, 3.05) is 20.8 Å². The van der Waals surface area contributed by atoms with Gasteiger partial charge in [0.25, 0.3) is 0 Å². The van der Waals surface area contributed by atoms with Gasteiger partial charge in [0.05, 0.1) is 7.11 Å². The summed E-state index contributed by atoms with van der Waals surface area (Å²) in [6.07, 6.45) is 1.02. The maximum Gasteiger partial charge on any atom is 0.341 e. The topological polar surface area (TPSA) is 76.1 Å². The molecule has 6 heteroatoms. The van der Waals surface area contributed by atoms with E-state index in [1.54, 1.807) is 31.2 Å². The number of para-hydroxylation sites is 1. The minimum Gasteiger partial charge on any atom is -0.496 e. The lowest BCUT2D eigenvalue weighted by Gasteiger charge is -2.18. The number of hydrogen-bond acceptors (Lipinski definition) is 4. The Morgan fingerprint density at radius 3 is 2.42 bits per heavy atom. The van der Waals surface area contributed by atoms with Gasteiger partial charge in [0.2, 0.25) is 5.91 Å². The van der Waals surface area contributed by atoms with Crippen LogP contribution in [0.25, 0.3) is 0 Å². The average molecular weight is 357 g/mol. The van der Waals surface area contributed by atoms with Crippen LogP contribution in [-0.2, 0) is 22.6 Å². The molecule has 0 aliphatic rings. The van der Waals surface area contributed by atoms with E-state index in [1.807, 2.05) is 36.4 Å². The highest BCUT2D eigenvalue weighted by molar-refractivity contribution is 5.76. The predicted molar refractivity (Wildman–Crippen MR) is 97.4 cm³/mol. The smallest absolute Gasteiger partial charge is 0.341 e. The molecule has 26 heavy (non-hydrogen) atoms. The van der Waals surface area contributed by atoms with Crippen molar-refractivity contribution < 1.29 is 24.2 Å². The van der Waals surface area contributed by atoms with Gasteiger partial charge in [-0.1, -0.05) is 30.3 Å². The highest BCUT2D eigenvalue weighted by Gasteiger charge is 2.11. The van der Waals surface area contributed by atoms with Crippen molar-refractivity contribution in [2.24, 2.45) is 0 Å². The van der Waals surface area contributed by atoms with E-state index in [0.717, 1.165) is 16.9 Å². The minimum absolute atomic E-state index is 0.0436. The molecular formula is C20H23NO5. The standard InChI is InChI=1S/C20H23NO5/c1-21(13-15-7-10-17(11-8-15)26-14-20(23)24)19(22)12-9-16-5-3-4-6-18(16)25-2/h3-8,10-11H,9,12-14H2,1-2H3,(H,23,24). The molecule has 0 radical (unpaired) electrons. The maximum atomic E-state index is 12.4. The van der Waals surface area contributed by atoms with Crippen LogP contribution < -0.4 is 9.47 Å². The molecule has 1 N–H and O–H groups in total. The summed E-state index contributed by atoms with van der Waals surface area (Å²) in [6.45, 7) is 0.102. The molecule has 0 bridgehead atoms. The van der Waals surface area contributed by atoms with E-state index < -0.39 is 5.97 Å². The number of aryl methyl sites for hydroxylation is 1. The number of hydrogen-bond donors (Lipinski definition) is 1. The molecule has 0 atom stereocenters. The van der Waals surface area contributed by atoms with Gasteiger partial charge in [-0.2, -0.15) is 0 Å². The van der Waals surface area contributed by atoms with Crippen LogP contribution in [0.4, 0.5) is 0 Å². The molecule has 138 valence electrons. The van der Waals surface area contributed by atoms with E-state index in [9.17, 15) is 9.59 Å². The van der Waals surface area contributed by atoms with Crippen LogP contribution in [-0.4, -0.2) is 42.6 Å². The predicted octanol–water partition coefficient (Wildman–Crippen LogP) is 2.75. The Morgan fingerprint density at radius 2 is 1.77 bits per heavy atom. The van der Waals surface area contributed by atoms with Crippen molar-refractivity contribution in [1.29, 1.82) is 0 Å². The summed E-state index contributed by atoms with van der Waals surface area (Å²) in [5.74, 6) is 0.303. The van der Waals surface area contributed by atoms with Crippen molar-refractivity contribution in [3.63, 3.8) is 0 Å². The number of methoxy groups -OCH3 is 1. The van der Waals surface area contributed by atoms with Gasteiger partial charge in [0.15, 0.2) is 6.61 Å². The highest BCUT2D eigenvalue weighted by Crippen LogP contribution is 2.19. The molecular weight excluding hydrogens is 334 g/mol. The molecule has 0 aromatic heterocycles. The van der Waals surface area contributed by atoms with E-state index in [4.69, 9.17) is 14.6 Å². The van der Waals surface area contributed by atoms with Crippen LogP contribution in [0.3, 0.4) is 0 Å². The first-order chi connectivity index (χ1) is 12.5. The lowest BCUT2D eigenvalue weighted by Crippen LogP contribution is -2.26. The van der Waals surface area contributed by atoms with Crippen LogP contribution in [0.5, 0.6) is 11.5 Å². The first-order valence-corrected chi connectivity index (χ1v) is 8.29. The molecule has 0 unspecified atom stereocenters. The second kappa shape index (κ2) is 9.46. The largest absolute Gasteiger partial charge is 0.496 e. The number of aliphatic carboxylic acids is 1. The second-order valence-corrected chi connectivity index (χ2v) is 5.89. The number of benzene rings is 2. The highest BCUT2D eigenvalue weighted by atomic mass is 16.5. The molecule has 0 saturated heterocycles. The summed E-state index contributed by atoms with van der Waals surface area (Å²) < 4.78 is 10.4. The van der Waals surface area contributed by atoms with Gasteiger partial charge >= 0.3 is 5.97 Å². The van der Waals surface area contributed by atoms with Crippen molar-refractivity contribution in [3.05, 3.63) is 59.7 Å². The van der Waals surface area contributed by atoms with E-state index in [1.165, 1.54) is 0 Å². The molecule has 0 saturated carbocycles. The fourth-order valence-electron chi connectivity index (χ4n) is 2.54. The summed E-state index contributed by atoms with van der Waals surface area (Å²) in [5, 5.41) is 8.60. The Morgan fingerprint density at radius 1 is 1.08 bits per heavy atom. The summed E-state index contributed by atoms with van der Waals surface area (Å²) in [4.78, 5) is 24.5. The fraction of sp³-hybridized carbons (Fsp3) is 0.300. The van der Waals surface area contributed by atoms with Crippen LogP contribution in [0.2, 0.25) is 0 Å². The number of amides is 1.